The van der Waals surface area contributed by atoms with Crippen LogP contribution in [0.4, 0.5) is 4.39 Å². The minimum absolute atomic E-state index is 0.0122. The molecule has 0 spiro atoms. The number of aromatic amines is 1. The summed E-state index contributed by atoms with van der Waals surface area (Å²) in [5.74, 6) is -1.56. The lowest BCUT2D eigenvalue weighted by molar-refractivity contribution is -0.155. The Balaban J connectivity index is 2.85. The van der Waals surface area contributed by atoms with Crippen molar-refractivity contribution in [3.8, 4) is 0 Å². The van der Waals surface area contributed by atoms with Gasteiger partial charge >= 0.3 is 11.7 Å². The summed E-state index contributed by atoms with van der Waals surface area (Å²) in [6.07, 6.45) is 0.952. The van der Waals surface area contributed by atoms with Gasteiger partial charge in [-0.2, -0.15) is 4.39 Å². The van der Waals surface area contributed by atoms with E-state index in [2.05, 4.69) is 0 Å². The monoisotopic (exact) mass is 300 g/mol. The summed E-state index contributed by atoms with van der Waals surface area (Å²) >= 11 is 0. The molecule has 1 aromatic rings. The van der Waals surface area contributed by atoms with E-state index < -0.39 is 29.3 Å². The third kappa shape index (κ3) is 5.17. The molecule has 21 heavy (non-hydrogen) atoms. The summed E-state index contributed by atoms with van der Waals surface area (Å²) in [7, 11) is 0. The summed E-state index contributed by atoms with van der Waals surface area (Å²) < 4.78 is 19.3. The van der Waals surface area contributed by atoms with Crippen LogP contribution in [0, 0.1) is 11.2 Å². The largest absolute Gasteiger partial charge is 0.441 e. The number of halogens is 1. The molecule has 1 N–H and O–H groups in total. The van der Waals surface area contributed by atoms with Crippen molar-refractivity contribution in [2.75, 3.05) is 0 Å². The van der Waals surface area contributed by atoms with Gasteiger partial charge < -0.3 is 4.74 Å². The Hall–Kier alpha value is -1.92. The van der Waals surface area contributed by atoms with Crippen molar-refractivity contribution < 1.29 is 13.9 Å². The second kappa shape index (κ2) is 6.69. The first-order valence-corrected chi connectivity index (χ1v) is 6.84. The molecule has 118 valence electrons. The van der Waals surface area contributed by atoms with E-state index >= 15 is 0 Å². The molecular formula is C14H21FN2O4. The summed E-state index contributed by atoms with van der Waals surface area (Å²) in [4.78, 5) is 36.3. The van der Waals surface area contributed by atoms with Crippen LogP contribution in [0.25, 0.3) is 0 Å². The van der Waals surface area contributed by atoms with Crippen LogP contribution in [0.5, 0.6) is 0 Å². The highest BCUT2D eigenvalue weighted by Crippen LogP contribution is 2.22. The Bertz CT molecular complexity index is 613. The molecule has 0 aliphatic carbocycles. The van der Waals surface area contributed by atoms with Crippen LogP contribution in [-0.4, -0.2) is 15.5 Å². The number of esters is 1. The van der Waals surface area contributed by atoms with Gasteiger partial charge in [0.25, 0.3) is 5.56 Å². The minimum Gasteiger partial charge on any atom is -0.441 e. The molecule has 0 radical (unpaired) electrons. The zero-order valence-electron chi connectivity index (χ0n) is 12.7. The van der Waals surface area contributed by atoms with Crippen molar-refractivity contribution in [2.45, 2.75) is 53.2 Å². The third-order valence-corrected chi connectivity index (χ3v) is 2.93. The molecule has 1 rings (SSSR count). The van der Waals surface area contributed by atoms with Crippen LogP contribution < -0.4 is 11.2 Å². The maximum absolute atomic E-state index is 13.3. The third-order valence-electron chi connectivity index (χ3n) is 2.93. The summed E-state index contributed by atoms with van der Waals surface area (Å²) in [5, 5.41) is 0. The van der Waals surface area contributed by atoms with Gasteiger partial charge in [0.1, 0.15) is 0 Å². The first-order chi connectivity index (χ1) is 9.64. The number of hydrogen-bond acceptors (Lipinski definition) is 4. The topological polar surface area (TPSA) is 81.2 Å². The molecule has 1 unspecified atom stereocenters. The SMILES string of the molecule is CCC(OC(=O)CCC(C)(C)C)n1cc(F)c(=O)[nH]c1=O. The quantitative estimate of drug-likeness (QED) is 0.843. The van der Waals surface area contributed by atoms with E-state index in [0.29, 0.717) is 6.42 Å². The average Bonchev–Trinajstić information content (AvgIpc) is 2.37. The molecule has 1 heterocycles. The zero-order chi connectivity index (χ0) is 16.2. The lowest BCUT2D eigenvalue weighted by Crippen LogP contribution is -2.35. The van der Waals surface area contributed by atoms with E-state index in [1.165, 1.54) is 0 Å². The smallest absolute Gasteiger partial charge is 0.331 e. The number of nitrogens with one attached hydrogen (secondary N) is 1. The van der Waals surface area contributed by atoms with E-state index in [0.717, 1.165) is 10.8 Å². The number of hydrogen-bond donors (Lipinski definition) is 1. The van der Waals surface area contributed by atoms with Gasteiger partial charge in [-0.1, -0.05) is 27.7 Å². The van der Waals surface area contributed by atoms with Crippen molar-refractivity contribution in [3.05, 3.63) is 32.9 Å². The average molecular weight is 300 g/mol. The van der Waals surface area contributed by atoms with Crippen LogP contribution in [0.2, 0.25) is 0 Å². The highest BCUT2D eigenvalue weighted by Gasteiger charge is 2.19. The van der Waals surface area contributed by atoms with Gasteiger partial charge in [0.05, 0.1) is 6.20 Å². The van der Waals surface area contributed by atoms with Crippen LogP contribution in [-0.2, 0) is 9.53 Å². The maximum atomic E-state index is 13.3. The molecule has 6 nitrogen and oxygen atoms in total. The van der Waals surface area contributed by atoms with Crippen molar-refractivity contribution in [1.29, 1.82) is 0 Å². The molecule has 0 fully saturated rings. The molecule has 1 aromatic heterocycles. The number of ether oxygens (including phenoxy) is 1. The predicted molar refractivity (Wildman–Crippen MR) is 75.4 cm³/mol. The van der Waals surface area contributed by atoms with Crippen LogP contribution in [0.15, 0.2) is 15.8 Å². The molecule has 0 aromatic carbocycles. The van der Waals surface area contributed by atoms with Gasteiger partial charge in [-0.3, -0.25) is 19.1 Å². The number of aromatic nitrogens is 2. The van der Waals surface area contributed by atoms with Gasteiger partial charge in [-0.05, 0) is 11.8 Å². The second-order valence-electron chi connectivity index (χ2n) is 6.06. The first-order valence-electron chi connectivity index (χ1n) is 6.84. The minimum atomic E-state index is -1.10. The molecule has 7 heteroatoms. The van der Waals surface area contributed by atoms with E-state index in [4.69, 9.17) is 4.74 Å². The lowest BCUT2D eigenvalue weighted by Gasteiger charge is -2.20. The van der Waals surface area contributed by atoms with E-state index in [-0.39, 0.29) is 18.3 Å². The highest BCUT2D eigenvalue weighted by molar-refractivity contribution is 5.69. The standard InChI is InChI=1S/C14H21FN2O4/c1-5-10(21-11(18)6-7-14(2,3)4)17-8-9(15)12(19)16-13(17)20/h8,10H,5-7H2,1-4H3,(H,16,19,20). The molecule has 0 aliphatic rings. The summed E-state index contributed by atoms with van der Waals surface area (Å²) in [5.41, 5.74) is -1.91. The first kappa shape index (κ1) is 17.1. The number of rotatable bonds is 5. The van der Waals surface area contributed by atoms with Gasteiger partial charge in [0, 0.05) is 12.8 Å². The number of nitrogens with zero attached hydrogens (tertiary/aromatic N) is 1. The second-order valence-corrected chi connectivity index (χ2v) is 6.06. The van der Waals surface area contributed by atoms with E-state index in [1.54, 1.807) is 6.92 Å². The van der Waals surface area contributed by atoms with Crippen molar-refractivity contribution in [3.63, 3.8) is 0 Å². The van der Waals surface area contributed by atoms with Crippen molar-refractivity contribution in [2.24, 2.45) is 5.41 Å². The van der Waals surface area contributed by atoms with Crippen molar-refractivity contribution >= 4 is 5.97 Å². The Morgan fingerprint density at radius 3 is 2.57 bits per heavy atom. The number of H-pyrrole nitrogens is 1. The van der Waals surface area contributed by atoms with Gasteiger partial charge in [-0.15, -0.1) is 0 Å². The number of carbonyl (C=O) groups excluding carboxylic acids is 1. The fourth-order valence-electron chi connectivity index (χ4n) is 1.70. The molecule has 0 saturated heterocycles. The van der Waals surface area contributed by atoms with Crippen LogP contribution >= 0.6 is 0 Å². The van der Waals surface area contributed by atoms with Crippen LogP contribution in [0.3, 0.4) is 0 Å². The Morgan fingerprint density at radius 1 is 1.43 bits per heavy atom. The Kier molecular flexibility index (Phi) is 5.46. The molecule has 0 bridgehead atoms. The molecule has 0 aliphatic heterocycles. The van der Waals surface area contributed by atoms with Gasteiger partial charge in [0.15, 0.2) is 6.23 Å². The van der Waals surface area contributed by atoms with Gasteiger partial charge in [0.2, 0.25) is 5.82 Å². The van der Waals surface area contributed by atoms with E-state index in [9.17, 15) is 18.8 Å². The van der Waals surface area contributed by atoms with E-state index in [1.807, 2.05) is 25.8 Å². The summed E-state index contributed by atoms with van der Waals surface area (Å²) in [6, 6.07) is 0. The zero-order valence-corrected chi connectivity index (χ0v) is 12.7. The van der Waals surface area contributed by atoms with Gasteiger partial charge in [-0.25, -0.2) is 4.79 Å². The number of carbonyl (C=O) groups is 1. The summed E-state index contributed by atoms with van der Waals surface area (Å²) in [6.45, 7) is 7.69. The molecular weight excluding hydrogens is 279 g/mol. The molecule has 0 amide bonds. The normalized spacial score (nSPS) is 13.0. The fraction of sp³-hybridized carbons (Fsp3) is 0.643. The molecule has 1 atom stereocenters. The molecule has 0 saturated carbocycles. The van der Waals surface area contributed by atoms with Crippen LogP contribution in [0.1, 0.15) is 53.2 Å². The Labute approximate surface area is 121 Å². The van der Waals surface area contributed by atoms with Crippen molar-refractivity contribution in [1.82, 2.24) is 9.55 Å². The fourth-order valence-corrected chi connectivity index (χ4v) is 1.70. The maximum Gasteiger partial charge on any atom is 0.331 e. The Morgan fingerprint density at radius 2 is 2.05 bits per heavy atom. The predicted octanol–water partition coefficient (Wildman–Crippen LogP) is 1.95. The lowest BCUT2D eigenvalue weighted by atomic mass is 9.91. The highest BCUT2D eigenvalue weighted by atomic mass is 19.1.